The molecule has 2 aliphatic rings. The van der Waals surface area contributed by atoms with Gasteiger partial charge in [-0.3, -0.25) is 20.2 Å². The molecular formula is C18H20N2O6. The van der Waals surface area contributed by atoms with Crippen molar-refractivity contribution in [2.75, 3.05) is 13.2 Å². The van der Waals surface area contributed by atoms with Gasteiger partial charge in [-0.25, -0.2) is 0 Å². The van der Waals surface area contributed by atoms with Crippen LogP contribution in [0.15, 0.2) is 24.3 Å². The average Bonchev–Trinajstić information content (AvgIpc) is 3.31. The van der Waals surface area contributed by atoms with Crippen LogP contribution in [0.1, 0.15) is 36.8 Å². The average molecular weight is 360 g/mol. The molecule has 0 amide bonds. The van der Waals surface area contributed by atoms with Crippen LogP contribution in [0.4, 0.5) is 11.4 Å². The first-order valence-electron chi connectivity index (χ1n) is 8.61. The minimum atomic E-state index is -0.601. The maximum absolute atomic E-state index is 11.4. The van der Waals surface area contributed by atoms with E-state index in [0.29, 0.717) is 24.3 Å². The summed E-state index contributed by atoms with van der Waals surface area (Å²) in [6, 6.07) is 2.50. The lowest BCUT2D eigenvalue weighted by atomic mass is 10.0. The Hall–Kier alpha value is -2.58. The molecule has 0 spiro atoms. The van der Waals surface area contributed by atoms with Crippen LogP contribution in [0, 0.1) is 20.2 Å². The van der Waals surface area contributed by atoms with Gasteiger partial charge < -0.3 is 9.47 Å². The Morgan fingerprint density at radius 1 is 0.846 bits per heavy atom. The van der Waals surface area contributed by atoms with Crippen LogP contribution in [-0.2, 0) is 9.47 Å². The highest BCUT2D eigenvalue weighted by Crippen LogP contribution is 2.32. The zero-order chi connectivity index (χ0) is 18.5. The van der Waals surface area contributed by atoms with Gasteiger partial charge in [0.1, 0.15) is 0 Å². The van der Waals surface area contributed by atoms with Crippen LogP contribution in [0.5, 0.6) is 0 Å². The van der Waals surface area contributed by atoms with Gasteiger partial charge in [-0.2, -0.15) is 0 Å². The maximum Gasteiger partial charge on any atom is 0.283 e. The third-order valence-corrected chi connectivity index (χ3v) is 4.48. The van der Waals surface area contributed by atoms with Crippen molar-refractivity contribution in [3.8, 4) is 0 Å². The first-order chi connectivity index (χ1) is 12.5. The quantitative estimate of drug-likeness (QED) is 0.563. The number of nitro groups is 2. The van der Waals surface area contributed by atoms with Crippen LogP contribution >= 0.6 is 0 Å². The van der Waals surface area contributed by atoms with Gasteiger partial charge in [-0.1, -0.05) is 12.2 Å². The molecule has 138 valence electrons. The van der Waals surface area contributed by atoms with E-state index in [1.54, 1.807) is 24.3 Å². The molecule has 8 heteroatoms. The fraction of sp³-hybridized carbons (Fsp3) is 0.444. The van der Waals surface area contributed by atoms with E-state index in [4.69, 9.17) is 9.47 Å². The fourth-order valence-corrected chi connectivity index (χ4v) is 3.13. The second-order valence-corrected chi connectivity index (χ2v) is 6.31. The topological polar surface area (TPSA) is 105 Å². The van der Waals surface area contributed by atoms with E-state index in [2.05, 4.69) is 0 Å². The molecule has 0 aromatic heterocycles. The highest BCUT2D eigenvalue weighted by atomic mass is 16.6. The van der Waals surface area contributed by atoms with Gasteiger partial charge in [0.25, 0.3) is 11.4 Å². The van der Waals surface area contributed by atoms with Crippen LogP contribution < -0.4 is 0 Å². The summed E-state index contributed by atoms with van der Waals surface area (Å²) in [5, 5.41) is 22.7. The van der Waals surface area contributed by atoms with E-state index in [1.807, 2.05) is 0 Å². The van der Waals surface area contributed by atoms with Crippen molar-refractivity contribution in [3.05, 3.63) is 55.6 Å². The molecule has 2 atom stereocenters. The summed E-state index contributed by atoms with van der Waals surface area (Å²) in [7, 11) is 0. The van der Waals surface area contributed by atoms with Gasteiger partial charge in [0.05, 0.1) is 39.2 Å². The van der Waals surface area contributed by atoms with E-state index in [1.165, 1.54) is 6.07 Å². The molecule has 2 heterocycles. The predicted molar refractivity (Wildman–Crippen MR) is 95.8 cm³/mol. The molecule has 0 radical (unpaired) electrons. The summed E-state index contributed by atoms with van der Waals surface area (Å²) in [4.78, 5) is 21.5. The molecule has 0 N–H and O–H groups in total. The molecule has 3 rings (SSSR count). The van der Waals surface area contributed by atoms with Crippen molar-refractivity contribution < 1.29 is 19.3 Å². The highest BCUT2D eigenvalue weighted by Gasteiger charge is 2.23. The number of nitro benzene ring substituents is 2. The number of ether oxygens (including phenoxy) is 2. The lowest BCUT2D eigenvalue weighted by Crippen LogP contribution is -2.01. The molecule has 2 saturated heterocycles. The van der Waals surface area contributed by atoms with Gasteiger partial charge in [0.2, 0.25) is 0 Å². The number of nitrogens with zero attached hydrogens (tertiary/aromatic N) is 2. The van der Waals surface area contributed by atoms with Gasteiger partial charge in [0, 0.05) is 13.2 Å². The van der Waals surface area contributed by atoms with Crippen LogP contribution in [0.25, 0.3) is 12.2 Å². The molecule has 0 bridgehead atoms. The second-order valence-electron chi connectivity index (χ2n) is 6.31. The first-order valence-corrected chi connectivity index (χ1v) is 8.61. The van der Waals surface area contributed by atoms with Crippen molar-refractivity contribution in [2.24, 2.45) is 0 Å². The van der Waals surface area contributed by atoms with E-state index >= 15 is 0 Å². The zero-order valence-electron chi connectivity index (χ0n) is 14.2. The lowest BCUT2D eigenvalue weighted by Gasteiger charge is -2.06. The zero-order valence-corrected chi connectivity index (χ0v) is 14.2. The van der Waals surface area contributed by atoms with Gasteiger partial charge in [-0.05, 0) is 43.9 Å². The molecule has 2 aliphatic heterocycles. The molecule has 0 unspecified atom stereocenters. The Labute approximate surface area is 150 Å². The minimum absolute atomic E-state index is 0.0734. The summed E-state index contributed by atoms with van der Waals surface area (Å²) >= 11 is 0. The standard InChI is InChI=1S/C18H20N2O6/c21-19(22)17-12-18(20(23)24)14(6-8-16-4-2-10-26-16)11-13(17)5-7-15-3-1-9-25-15/h5-8,11-12,15-16H,1-4,9-10H2/b7-5-,8-6-/t15-,16-/m0/s1. The summed E-state index contributed by atoms with van der Waals surface area (Å²) in [5.41, 5.74) is 0.0617. The summed E-state index contributed by atoms with van der Waals surface area (Å²) in [6.45, 7) is 1.35. The van der Waals surface area contributed by atoms with Gasteiger partial charge >= 0.3 is 0 Å². The van der Waals surface area contributed by atoms with Crippen molar-refractivity contribution in [3.63, 3.8) is 0 Å². The molecule has 0 aliphatic carbocycles. The van der Waals surface area contributed by atoms with E-state index in [0.717, 1.165) is 31.7 Å². The van der Waals surface area contributed by atoms with E-state index in [9.17, 15) is 20.2 Å². The lowest BCUT2D eigenvalue weighted by molar-refractivity contribution is -0.394. The Kier molecular flexibility index (Phi) is 5.75. The Morgan fingerprint density at radius 3 is 1.65 bits per heavy atom. The monoisotopic (exact) mass is 360 g/mol. The van der Waals surface area contributed by atoms with Crippen LogP contribution in [-0.4, -0.2) is 35.3 Å². The maximum atomic E-state index is 11.4. The third kappa shape index (κ3) is 4.33. The summed E-state index contributed by atoms with van der Waals surface area (Å²) in [5.74, 6) is 0. The minimum Gasteiger partial charge on any atom is -0.374 e. The normalized spacial score (nSPS) is 23.2. The van der Waals surface area contributed by atoms with Crippen molar-refractivity contribution in [1.82, 2.24) is 0 Å². The Bertz CT molecular complexity index is 687. The molecule has 8 nitrogen and oxygen atoms in total. The van der Waals surface area contributed by atoms with Crippen LogP contribution in [0.2, 0.25) is 0 Å². The molecule has 1 aromatic carbocycles. The molecule has 0 saturated carbocycles. The van der Waals surface area contributed by atoms with Gasteiger partial charge in [0.15, 0.2) is 0 Å². The molecule has 2 fully saturated rings. The molecular weight excluding hydrogens is 340 g/mol. The van der Waals surface area contributed by atoms with Crippen molar-refractivity contribution in [1.29, 1.82) is 0 Å². The predicted octanol–water partition coefficient (Wildman–Crippen LogP) is 3.89. The fourth-order valence-electron chi connectivity index (χ4n) is 3.13. The smallest absolute Gasteiger partial charge is 0.283 e. The SMILES string of the molecule is O=[N+]([O-])c1cc([N+](=O)[O-])c(/C=C\[C@@H]2CCCO2)cc1/C=C\[C@@H]1CCCO1. The highest BCUT2D eigenvalue weighted by molar-refractivity contribution is 5.73. The number of hydrogen-bond acceptors (Lipinski definition) is 6. The molecule has 1 aromatic rings. The van der Waals surface area contributed by atoms with Crippen molar-refractivity contribution >= 4 is 23.5 Å². The number of benzene rings is 1. The van der Waals surface area contributed by atoms with Crippen LogP contribution in [0.3, 0.4) is 0 Å². The number of rotatable bonds is 6. The van der Waals surface area contributed by atoms with E-state index < -0.39 is 9.85 Å². The van der Waals surface area contributed by atoms with Gasteiger partial charge in [-0.15, -0.1) is 0 Å². The number of hydrogen-bond donors (Lipinski definition) is 0. The third-order valence-electron chi connectivity index (χ3n) is 4.48. The molecule has 26 heavy (non-hydrogen) atoms. The second kappa shape index (κ2) is 8.20. The summed E-state index contributed by atoms with van der Waals surface area (Å²) in [6.07, 6.45) is 10.3. The first kappa shape index (κ1) is 18.2. The summed E-state index contributed by atoms with van der Waals surface area (Å²) < 4.78 is 11.0. The van der Waals surface area contributed by atoms with Crippen molar-refractivity contribution in [2.45, 2.75) is 37.9 Å². The Morgan fingerprint density at radius 2 is 1.31 bits per heavy atom. The van der Waals surface area contributed by atoms with E-state index in [-0.39, 0.29) is 23.6 Å². The largest absolute Gasteiger partial charge is 0.374 e. The Balaban J connectivity index is 1.96.